The van der Waals surface area contributed by atoms with Crippen LogP contribution in [-0.2, 0) is 11.2 Å². The van der Waals surface area contributed by atoms with Gasteiger partial charge in [-0.05, 0) is 17.4 Å². The number of carboxylic acids is 1. The molecule has 0 saturated carbocycles. The topological polar surface area (TPSA) is 52.9 Å². The Labute approximate surface area is 122 Å². The third kappa shape index (κ3) is 2.72. The van der Waals surface area contributed by atoms with Gasteiger partial charge in [-0.25, -0.2) is 0 Å². The molecule has 2 aliphatic heterocycles. The number of aliphatic carboxylic acids is 1. The molecular formula is C15H16N2O2S. The SMILES string of the molecule is O=C(O)C(CC1=CSC2=NCCN12)Cc1ccccc1. The van der Waals surface area contributed by atoms with Crippen molar-refractivity contribution in [3.05, 3.63) is 47.0 Å². The molecule has 5 heteroatoms. The Balaban J connectivity index is 1.69. The average molecular weight is 288 g/mol. The van der Waals surface area contributed by atoms with Gasteiger partial charge in [0.05, 0.1) is 12.5 Å². The molecule has 2 heterocycles. The molecule has 0 bridgehead atoms. The maximum Gasteiger partial charge on any atom is 0.307 e. The second-order valence-electron chi connectivity index (χ2n) is 4.97. The summed E-state index contributed by atoms with van der Waals surface area (Å²) in [6, 6.07) is 9.81. The first-order valence-corrected chi connectivity index (χ1v) is 7.56. The molecule has 1 N–H and O–H groups in total. The number of aliphatic imine (C=N–C) groups is 1. The van der Waals surface area contributed by atoms with Crippen molar-refractivity contribution in [1.29, 1.82) is 0 Å². The fourth-order valence-electron chi connectivity index (χ4n) is 2.53. The monoisotopic (exact) mass is 288 g/mol. The Hall–Kier alpha value is -1.75. The van der Waals surface area contributed by atoms with Crippen LogP contribution in [0.2, 0.25) is 0 Å². The summed E-state index contributed by atoms with van der Waals surface area (Å²) in [4.78, 5) is 18.0. The van der Waals surface area contributed by atoms with Crippen LogP contribution < -0.4 is 0 Å². The molecule has 0 amide bonds. The summed E-state index contributed by atoms with van der Waals surface area (Å²) in [5.74, 6) is -1.12. The number of amidine groups is 1. The van der Waals surface area contributed by atoms with E-state index in [-0.39, 0.29) is 5.92 Å². The highest BCUT2D eigenvalue weighted by Crippen LogP contribution is 2.33. The van der Waals surface area contributed by atoms with Crippen molar-refractivity contribution in [2.75, 3.05) is 13.1 Å². The molecule has 0 fully saturated rings. The van der Waals surface area contributed by atoms with Gasteiger partial charge in [0.25, 0.3) is 0 Å². The Morgan fingerprint density at radius 1 is 1.35 bits per heavy atom. The van der Waals surface area contributed by atoms with E-state index in [1.165, 1.54) is 0 Å². The summed E-state index contributed by atoms with van der Waals surface area (Å²) in [6.07, 6.45) is 1.13. The lowest BCUT2D eigenvalue weighted by Gasteiger charge is -2.20. The first-order chi connectivity index (χ1) is 9.74. The molecule has 1 atom stereocenters. The third-order valence-corrected chi connectivity index (χ3v) is 4.53. The van der Waals surface area contributed by atoms with Crippen molar-refractivity contribution in [2.24, 2.45) is 10.9 Å². The highest BCUT2D eigenvalue weighted by molar-refractivity contribution is 8.16. The smallest absolute Gasteiger partial charge is 0.307 e. The summed E-state index contributed by atoms with van der Waals surface area (Å²) < 4.78 is 0. The summed E-state index contributed by atoms with van der Waals surface area (Å²) in [7, 11) is 0. The number of allylic oxidation sites excluding steroid dienone is 1. The molecule has 1 aromatic rings. The second kappa shape index (κ2) is 5.71. The molecule has 0 saturated heterocycles. The lowest BCUT2D eigenvalue weighted by atomic mass is 9.95. The molecule has 0 radical (unpaired) electrons. The molecule has 1 unspecified atom stereocenters. The zero-order valence-corrected chi connectivity index (χ0v) is 11.8. The van der Waals surface area contributed by atoms with Crippen LogP contribution >= 0.6 is 11.8 Å². The number of hydrogen-bond acceptors (Lipinski definition) is 4. The Kier molecular flexibility index (Phi) is 3.78. The quantitative estimate of drug-likeness (QED) is 0.905. The molecule has 4 nitrogen and oxygen atoms in total. The standard InChI is InChI=1S/C15H16N2O2S/c18-14(19)12(8-11-4-2-1-3-5-11)9-13-10-20-15-16-6-7-17(13)15/h1-5,10,12H,6-9H2,(H,18,19). The van der Waals surface area contributed by atoms with E-state index in [9.17, 15) is 9.90 Å². The van der Waals surface area contributed by atoms with Crippen LogP contribution in [0.5, 0.6) is 0 Å². The summed E-state index contributed by atoms with van der Waals surface area (Å²) in [5, 5.41) is 12.5. The van der Waals surface area contributed by atoms with E-state index in [2.05, 4.69) is 9.89 Å². The number of carbonyl (C=O) groups is 1. The van der Waals surface area contributed by atoms with Gasteiger partial charge in [0.2, 0.25) is 0 Å². The molecule has 0 spiro atoms. The van der Waals surface area contributed by atoms with E-state index in [1.807, 2.05) is 35.7 Å². The average Bonchev–Trinajstić information content (AvgIpc) is 3.04. The molecule has 0 aromatic heterocycles. The fourth-order valence-corrected chi connectivity index (χ4v) is 3.50. The van der Waals surface area contributed by atoms with Crippen molar-refractivity contribution in [3.63, 3.8) is 0 Å². The highest BCUT2D eigenvalue weighted by Gasteiger charge is 2.30. The Bertz CT molecular complexity index is 568. The van der Waals surface area contributed by atoms with Gasteiger partial charge in [-0.1, -0.05) is 42.1 Å². The molecule has 20 heavy (non-hydrogen) atoms. The highest BCUT2D eigenvalue weighted by atomic mass is 32.2. The van der Waals surface area contributed by atoms with E-state index in [0.717, 1.165) is 29.5 Å². The Morgan fingerprint density at radius 3 is 2.90 bits per heavy atom. The van der Waals surface area contributed by atoms with Crippen molar-refractivity contribution in [1.82, 2.24) is 4.90 Å². The van der Waals surface area contributed by atoms with Gasteiger partial charge < -0.3 is 10.0 Å². The predicted molar refractivity (Wildman–Crippen MR) is 80.6 cm³/mol. The number of hydrogen-bond donors (Lipinski definition) is 1. The molecule has 3 rings (SSSR count). The minimum Gasteiger partial charge on any atom is -0.481 e. The lowest BCUT2D eigenvalue weighted by Crippen LogP contribution is -2.25. The van der Waals surface area contributed by atoms with Crippen LogP contribution in [0.1, 0.15) is 12.0 Å². The number of rotatable bonds is 5. The first kappa shape index (κ1) is 13.2. The molecule has 104 valence electrons. The van der Waals surface area contributed by atoms with E-state index in [1.54, 1.807) is 11.8 Å². The Morgan fingerprint density at radius 2 is 2.15 bits per heavy atom. The van der Waals surface area contributed by atoms with Crippen LogP contribution in [0.3, 0.4) is 0 Å². The molecule has 1 aromatic carbocycles. The fraction of sp³-hybridized carbons (Fsp3) is 0.333. The number of fused-ring (bicyclic) bond motifs is 1. The van der Waals surface area contributed by atoms with Crippen molar-refractivity contribution < 1.29 is 9.90 Å². The van der Waals surface area contributed by atoms with Gasteiger partial charge in [-0.2, -0.15) is 0 Å². The van der Waals surface area contributed by atoms with Crippen molar-refractivity contribution in [3.8, 4) is 0 Å². The molecule has 2 aliphatic rings. The first-order valence-electron chi connectivity index (χ1n) is 6.68. The second-order valence-corrected chi connectivity index (χ2v) is 5.81. The van der Waals surface area contributed by atoms with Gasteiger partial charge in [-0.3, -0.25) is 9.79 Å². The number of benzene rings is 1. The predicted octanol–water partition coefficient (Wildman–Crippen LogP) is 2.58. The van der Waals surface area contributed by atoms with Gasteiger partial charge >= 0.3 is 5.97 Å². The zero-order chi connectivity index (χ0) is 13.9. The van der Waals surface area contributed by atoms with E-state index < -0.39 is 5.97 Å². The van der Waals surface area contributed by atoms with Gasteiger partial charge in [0.15, 0.2) is 5.17 Å². The largest absolute Gasteiger partial charge is 0.481 e. The van der Waals surface area contributed by atoms with Crippen molar-refractivity contribution in [2.45, 2.75) is 12.8 Å². The van der Waals surface area contributed by atoms with Crippen LogP contribution in [0, 0.1) is 5.92 Å². The van der Waals surface area contributed by atoms with Crippen LogP contribution in [0.4, 0.5) is 0 Å². The van der Waals surface area contributed by atoms with Gasteiger partial charge in [0, 0.05) is 18.7 Å². The minimum absolute atomic E-state index is 0.385. The summed E-state index contributed by atoms with van der Waals surface area (Å²) in [5.41, 5.74) is 2.16. The number of thioether (sulfide) groups is 1. The van der Waals surface area contributed by atoms with Crippen LogP contribution in [-0.4, -0.2) is 34.2 Å². The molecular weight excluding hydrogens is 272 g/mol. The van der Waals surface area contributed by atoms with Gasteiger partial charge in [0.1, 0.15) is 0 Å². The normalized spacial score (nSPS) is 18.5. The maximum atomic E-state index is 11.5. The van der Waals surface area contributed by atoms with Gasteiger partial charge in [-0.15, -0.1) is 0 Å². The van der Waals surface area contributed by atoms with E-state index in [0.29, 0.717) is 12.8 Å². The summed E-state index contributed by atoms with van der Waals surface area (Å²) >= 11 is 1.60. The van der Waals surface area contributed by atoms with E-state index >= 15 is 0 Å². The third-order valence-electron chi connectivity index (χ3n) is 3.58. The van der Waals surface area contributed by atoms with Crippen LogP contribution in [0.25, 0.3) is 0 Å². The zero-order valence-electron chi connectivity index (χ0n) is 11.0. The molecule has 0 aliphatic carbocycles. The lowest BCUT2D eigenvalue weighted by molar-refractivity contribution is -0.141. The number of carboxylic acid groups (broad SMARTS) is 1. The summed E-state index contributed by atoms with van der Waals surface area (Å²) in [6.45, 7) is 1.70. The minimum atomic E-state index is -0.732. The van der Waals surface area contributed by atoms with Crippen LogP contribution in [0.15, 0.2) is 46.4 Å². The number of nitrogens with zero attached hydrogens (tertiary/aromatic N) is 2. The van der Waals surface area contributed by atoms with E-state index in [4.69, 9.17) is 0 Å². The maximum absolute atomic E-state index is 11.5. The van der Waals surface area contributed by atoms with Crippen molar-refractivity contribution >= 4 is 22.9 Å².